The average molecular weight is 276 g/mol. The van der Waals surface area contributed by atoms with Crippen LogP contribution in [-0.2, 0) is 10.0 Å². The first-order chi connectivity index (χ1) is 8.42. The van der Waals surface area contributed by atoms with Crippen molar-refractivity contribution in [3.63, 3.8) is 0 Å². The molecule has 2 heterocycles. The number of hydrogen-bond acceptors (Lipinski definition) is 4. The van der Waals surface area contributed by atoms with Gasteiger partial charge in [-0.05, 0) is 52.1 Å². The number of nitrogens with one attached hydrogen (secondary N) is 1. The summed E-state index contributed by atoms with van der Waals surface area (Å²) in [6.07, 6.45) is 3.38. The molecule has 0 aromatic heterocycles. The molecule has 18 heavy (non-hydrogen) atoms. The van der Waals surface area contributed by atoms with Gasteiger partial charge in [0.2, 0.25) is 10.0 Å². The summed E-state index contributed by atoms with van der Waals surface area (Å²) >= 11 is 0. The summed E-state index contributed by atoms with van der Waals surface area (Å²) in [5.74, 6) is 0. The van der Waals surface area contributed by atoms with Gasteiger partial charge in [-0.1, -0.05) is 0 Å². The van der Waals surface area contributed by atoms with Crippen LogP contribution in [0.3, 0.4) is 0 Å². The van der Waals surface area contributed by atoms with E-state index in [2.05, 4.69) is 5.32 Å². The minimum absolute atomic E-state index is 0.234. The van der Waals surface area contributed by atoms with Crippen molar-refractivity contribution in [2.75, 3.05) is 26.2 Å². The van der Waals surface area contributed by atoms with E-state index in [0.29, 0.717) is 38.8 Å². The first kappa shape index (κ1) is 14.2. The monoisotopic (exact) mass is 276 g/mol. The topological polar surface area (TPSA) is 69.6 Å². The molecule has 2 saturated heterocycles. The van der Waals surface area contributed by atoms with Crippen molar-refractivity contribution in [3.8, 4) is 0 Å². The number of piperidine rings is 1. The molecule has 6 heteroatoms. The van der Waals surface area contributed by atoms with Crippen LogP contribution in [0.2, 0.25) is 0 Å². The molecule has 2 aliphatic heterocycles. The van der Waals surface area contributed by atoms with Crippen molar-refractivity contribution in [3.05, 3.63) is 0 Å². The van der Waals surface area contributed by atoms with Crippen LogP contribution in [0.4, 0.5) is 0 Å². The molecule has 0 radical (unpaired) electrons. The maximum atomic E-state index is 12.5. The summed E-state index contributed by atoms with van der Waals surface area (Å²) < 4.78 is 26.6. The van der Waals surface area contributed by atoms with Gasteiger partial charge in [-0.3, -0.25) is 0 Å². The fourth-order valence-corrected chi connectivity index (χ4v) is 4.78. The summed E-state index contributed by atoms with van der Waals surface area (Å²) in [6, 6.07) is 0. The van der Waals surface area contributed by atoms with Gasteiger partial charge < -0.3 is 10.4 Å². The van der Waals surface area contributed by atoms with E-state index in [-0.39, 0.29) is 5.25 Å². The van der Waals surface area contributed by atoms with Crippen molar-refractivity contribution in [2.24, 2.45) is 0 Å². The lowest BCUT2D eigenvalue weighted by atomic mass is 9.98. The molecule has 1 unspecified atom stereocenters. The van der Waals surface area contributed by atoms with Crippen molar-refractivity contribution in [2.45, 2.75) is 49.9 Å². The zero-order valence-electron chi connectivity index (χ0n) is 11.1. The predicted molar refractivity (Wildman–Crippen MR) is 70.9 cm³/mol. The van der Waals surface area contributed by atoms with Crippen molar-refractivity contribution >= 4 is 10.0 Å². The Balaban J connectivity index is 2.05. The van der Waals surface area contributed by atoms with E-state index in [1.54, 1.807) is 11.2 Å². The summed E-state index contributed by atoms with van der Waals surface area (Å²) in [5, 5.41) is 13.0. The molecular weight excluding hydrogens is 252 g/mol. The Kier molecular flexibility index (Phi) is 4.31. The second-order valence-corrected chi connectivity index (χ2v) is 7.96. The Morgan fingerprint density at radius 2 is 1.89 bits per heavy atom. The second kappa shape index (κ2) is 5.45. The zero-order valence-corrected chi connectivity index (χ0v) is 11.9. The van der Waals surface area contributed by atoms with Gasteiger partial charge in [0.25, 0.3) is 0 Å². The molecule has 2 fully saturated rings. The largest absolute Gasteiger partial charge is 0.390 e. The van der Waals surface area contributed by atoms with Crippen LogP contribution in [0.1, 0.15) is 39.0 Å². The van der Waals surface area contributed by atoms with Crippen molar-refractivity contribution in [1.29, 1.82) is 0 Å². The van der Waals surface area contributed by atoms with Gasteiger partial charge >= 0.3 is 0 Å². The highest BCUT2D eigenvalue weighted by molar-refractivity contribution is 7.89. The first-order valence-electron chi connectivity index (χ1n) is 6.84. The van der Waals surface area contributed by atoms with Crippen LogP contribution < -0.4 is 5.32 Å². The van der Waals surface area contributed by atoms with E-state index < -0.39 is 15.6 Å². The maximum absolute atomic E-state index is 12.5. The van der Waals surface area contributed by atoms with Gasteiger partial charge in [0, 0.05) is 13.1 Å². The van der Waals surface area contributed by atoms with Gasteiger partial charge in [-0.25, -0.2) is 12.7 Å². The predicted octanol–water partition coefficient (Wildman–Crippen LogP) is 0.305. The summed E-state index contributed by atoms with van der Waals surface area (Å²) in [6.45, 7) is 4.39. The number of aliphatic hydroxyl groups is 1. The standard InChI is InChI=1S/C12H24N2O3S/c1-12(15)5-2-9-14(10-6-12)18(16,17)11-3-7-13-8-4-11/h11,13,15H,2-10H2,1H3. The van der Waals surface area contributed by atoms with E-state index in [1.165, 1.54) is 0 Å². The number of hydrogen-bond donors (Lipinski definition) is 2. The van der Waals surface area contributed by atoms with E-state index in [0.717, 1.165) is 19.5 Å². The van der Waals surface area contributed by atoms with Crippen LogP contribution in [0, 0.1) is 0 Å². The molecule has 106 valence electrons. The molecule has 0 saturated carbocycles. The number of rotatable bonds is 2. The Morgan fingerprint density at radius 3 is 2.56 bits per heavy atom. The molecule has 0 bridgehead atoms. The van der Waals surface area contributed by atoms with Gasteiger partial charge in [0.15, 0.2) is 0 Å². The molecule has 5 nitrogen and oxygen atoms in total. The van der Waals surface area contributed by atoms with Crippen LogP contribution in [0.25, 0.3) is 0 Å². The highest BCUT2D eigenvalue weighted by Gasteiger charge is 2.35. The number of sulfonamides is 1. The van der Waals surface area contributed by atoms with Gasteiger partial charge in [-0.2, -0.15) is 0 Å². The van der Waals surface area contributed by atoms with E-state index >= 15 is 0 Å². The fraction of sp³-hybridized carbons (Fsp3) is 1.00. The van der Waals surface area contributed by atoms with Crippen molar-refractivity contribution < 1.29 is 13.5 Å². The summed E-state index contributed by atoms with van der Waals surface area (Å²) in [5.41, 5.74) is -0.710. The summed E-state index contributed by atoms with van der Waals surface area (Å²) in [7, 11) is -3.18. The third kappa shape index (κ3) is 3.23. The third-order valence-electron chi connectivity index (χ3n) is 4.09. The molecule has 2 N–H and O–H groups in total. The number of nitrogens with zero attached hydrogens (tertiary/aromatic N) is 1. The second-order valence-electron chi connectivity index (χ2n) is 5.74. The Hall–Kier alpha value is -0.170. The van der Waals surface area contributed by atoms with Gasteiger partial charge in [0.05, 0.1) is 10.9 Å². The third-order valence-corrected chi connectivity index (χ3v) is 6.49. The lowest BCUT2D eigenvalue weighted by Gasteiger charge is -2.29. The van der Waals surface area contributed by atoms with Crippen LogP contribution in [0.5, 0.6) is 0 Å². The molecule has 0 aromatic carbocycles. The van der Waals surface area contributed by atoms with E-state index in [4.69, 9.17) is 0 Å². The average Bonchev–Trinajstić information content (AvgIpc) is 2.52. The quantitative estimate of drug-likeness (QED) is 0.761. The lowest BCUT2D eigenvalue weighted by molar-refractivity contribution is 0.0465. The Bertz CT molecular complexity index is 375. The minimum Gasteiger partial charge on any atom is -0.390 e. The molecule has 0 aromatic rings. The molecule has 0 amide bonds. The van der Waals surface area contributed by atoms with Gasteiger partial charge in [-0.15, -0.1) is 0 Å². The molecule has 2 rings (SSSR count). The first-order valence-corrected chi connectivity index (χ1v) is 8.34. The maximum Gasteiger partial charge on any atom is 0.217 e. The minimum atomic E-state index is -3.18. The highest BCUT2D eigenvalue weighted by atomic mass is 32.2. The molecule has 0 spiro atoms. The van der Waals surface area contributed by atoms with Gasteiger partial charge in [0.1, 0.15) is 0 Å². The van der Waals surface area contributed by atoms with Crippen LogP contribution >= 0.6 is 0 Å². The lowest BCUT2D eigenvalue weighted by Crippen LogP contribution is -2.44. The zero-order chi connectivity index (χ0) is 13.2. The fourth-order valence-electron chi connectivity index (χ4n) is 2.80. The highest BCUT2D eigenvalue weighted by Crippen LogP contribution is 2.26. The summed E-state index contributed by atoms with van der Waals surface area (Å²) in [4.78, 5) is 0. The Morgan fingerprint density at radius 1 is 1.22 bits per heavy atom. The van der Waals surface area contributed by atoms with E-state index in [1.807, 2.05) is 0 Å². The van der Waals surface area contributed by atoms with Crippen LogP contribution in [0.15, 0.2) is 0 Å². The molecule has 1 atom stereocenters. The SMILES string of the molecule is CC1(O)CCCN(S(=O)(=O)C2CCNCC2)CC1. The molecule has 2 aliphatic rings. The normalized spacial score (nSPS) is 33.2. The smallest absolute Gasteiger partial charge is 0.217 e. The van der Waals surface area contributed by atoms with Crippen LogP contribution in [-0.4, -0.2) is 54.9 Å². The van der Waals surface area contributed by atoms with Crippen molar-refractivity contribution in [1.82, 2.24) is 9.62 Å². The Labute approximate surface area is 110 Å². The molecular formula is C12H24N2O3S. The molecule has 0 aliphatic carbocycles. The van der Waals surface area contributed by atoms with E-state index in [9.17, 15) is 13.5 Å².